The Labute approximate surface area is 62.7 Å². The van der Waals surface area contributed by atoms with E-state index < -0.39 is 0 Å². The van der Waals surface area contributed by atoms with Crippen LogP contribution in [0.5, 0.6) is 0 Å². The van der Waals surface area contributed by atoms with Crippen LogP contribution in [-0.2, 0) is 0 Å². The summed E-state index contributed by atoms with van der Waals surface area (Å²) in [5.74, 6) is 0.292. The first-order valence-corrected chi connectivity index (χ1v) is 3.77. The summed E-state index contributed by atoms with van der Waals surface area (Å²) in [7, 11) is 0. The van der Waals surface area contributed by atoms with Gasteiger partial charge in [-0.1, -0.05) is 6.08 Å². The highest BCUT2D eigenvalue weighted by atomic mass is 16.3. The molecule has 0 saturated carbocycles. The van der Waals surface area contributed by atoms with Gasteiger partial charge in [-0.3, -0.25) is 0 Å². The van der Waals surface area contributed by atoms with Crippen molar-refractivity contribution in [2.75, 3.05) is 13.2 Å². The fourth-order valence-corrected chi connectivity index (χ4v) is 0.835. The Kier molecular flexibility index (Phi) is 6.55. The molecule has 0 fully saturated rings. The van der Waals surface area contributed by atoms with Gasteiger partial charge in [-0.05, 0) is 31.7 Å². The average Bonchev–Trinajstić information content (AvgIpc) is 1.99. The van der Waals surface area contributed by atoms with Gasteiger partial charge in [0.25, 0.3) is 0 Å². The second-order valence-corrected chi connectivity index (χ2v) is 2.50. The lowest BCUT2D eigenvalue weighted by Crippen LogP contribution is -2.17. The van der Waals surface area contributed by atoms with E-state index >= 15 is 0 Å². The third-order valence-corrected chi connectivity index (χ3v) is 1.61. The molecule has 0 saturated heterocycles. The topological polar surface area (TPSA) is 46.2 Å². The molecule has 0 aromatic carbocycles. The predicted molar refractivity (Wildman–Crippen MR) is 43.7 cm³/mol. The van der Waals surface area contributed by atoms with Gasteiger partial charge >= 0.3 is 0 Å². The second-order valence-electron chi connectivity index (χ2n) is 2.50. The van der Waals surface area contributed by atoms with Crippen molar-refractivity contribution in [1.82, 2.24) is 0 Å². The van der Waals surface area contributed by atoms with E-state index in [1.807, 2.05) is 6.08 Å². The largest absolute Gasteiger partial charge is 0.396 e. The fourth-order valence-electron chi connectivity index (χ4n) is 0.835. The number of allylic oxidation sites excluding steroid dienone is 1. The third-order valence-electron chi connectivity index (χ3n) is 1.61. The monoisotopic (exact) mass is 143 g/mol. The molecule has 1 atom stereocenters. The maximum atomic E-state index is 8.72. The Morgan fingerprint density at radius 3 is 2.70 bits per heavy atom. The zero-order valence-corrected chi connectivity index (χ0v) is 6.42. The van der Waals surface area contributed by atoms with E-state index in [1.165, 1.54) is 0 Å². The van der Waals surface area contributed by atoms with Crippen molar-refractivity contribution in [2.45, 2.75) is 19.3 Å². The molecular weight excluding hydrogens is 126 g/mol. The zero-order chi connectivity index (χ0) is 7.82. The lowest BCUT2D eigenvalue weighted by Gasteiger charge is -2.08. The summed E-state index contributed by atoms with van der Waals surface area (Å²) in [6.45, 7) is 4.42. The summed E-state index contributed by atoms with van der Waals surface area (Å²) >= 11 is 0. The van der Waals surface area contributed by atoms with Crippen LogP contribution in [0.3, 0.4) is 0 Å². The van der Waals surface area contributed by atoms with Gasteiger partial charge in [0, 0.05) is 6.61 Å². The van der Waals surface area contributed by atoms with Crippen LogP contribution in [0.15, 0.2) is 12.7 Å². The molecule has 0 aliphatic carbocycles. The van der Waals surface area contributed by atoms with E-state index in [-0.39, 0.29) is 6.61 Å². The Bertz CT molecular complexity index is 79.3. The van der Waals surface area contributed by atoms with Crippen LogP contribution in [0.25, 0.3) is 0 Å². The van der Waals surface area contributed by atoms with Gasteiger partial charge in [0.1, 0.15) is 0 Å². The van der Waals surface area contributed by atoms with E-state index in [0.29, 0.717) is 12.5 Å². The number of hydrogen-bond donors (Lipinski definition) is 2. The van der Waals surface area contributed by atoms with Crippen molar-refractivity contribution in [2.24, 2.45) is 11.7 Å². The molecule has 0 bridgehead atoms. The van der Waals surface area contributed by atoms with Crippen LogP contribution in [0.4, 0.5) is 0 Å². The van der Waals surface area contributed by atoms with Crippen molar-refractivity contribution in [1.29, 1.82) is 0 Å². The van der Waals surface area contributed by atoms with Gasteiger partial charge < -0.3 is 10.8 Å². The number of aliphatic hydroxyl groups is 1. The Balaban J connectivity index is 3.16. The quantitative estimate of drug-likeness (QED) is 0.429. The zero-order valence-electron chi connectivity index (χ0n) is 6.42. The van der Waals surface area contributed by atoms with Gasteiger partial charge in [0.15, 0.2) is 0 Å². The van der Waals surface area contributed by atoms with Crippen LogP contribution < -0.4 is 5.73 Å². The number of nitrogens with two attached hydrogens (primary N) is 1. The van der Waals surface area contributed by atoms with Gasteiger partial charge in [0.05, 0.1) is 0 Å². The molecule has 0 aliphatic rings. The molecule has 0 spiro atoms. The van der Waals surface area contributed by atoms with Gasteiger partial charge in [-0.2, -0.15) is 0 Å². The molecule has 10 heavy (non-hydrogen) atoms. The van der Waals surface area contributed by atoms with Crippen LogP contribution in [0.1, 0.15) is 19.3 Å². The summed E-state index contributed by atoms with van der Waals surface area (Å²) in [6, 6.07) is 0. The lowest BCUT2D eigenvalue weighted by atomic mass is 10.0. The number of unbranched alkanes of at least 4 members (excludes halogenated alkanes) is 1. The molecular formula is C8H17NO. The minimum Gasteiger partial charge on any atom is -0.396 e. The SMILES string of the molecule is C=CCCCC(CN)CO. The molecule has 1 unspecified atom stereocenters. The summed E-state index contributed by atoms with van der Waals surface area (Å²) in [5, 5.41) is 8.72. The standard InChI is InChI=1S/C8H17NO/c1-2-3-4-5-8(6-9)7-10/h2,8,10H,1,3-7,9H2. The molecule has 2 nitrogen and oxygen atoms in total. The number of rotatable bonds is 6. The Morgan fingerprint density at radius 2 is 2.30 bits per heavy atom. The normalized spacial score (nSPS) is 13.0. The maximum Gasteiger partial charge on any atom is 0.0471 e. The average molecular weight is 143 g/mol. The van der Waals surface area contributed by atoms with Gasteiger partial charge in [-0.25, -0.2) is 0 Å². The number of aliphatic hydroxyl groups excluding tert-OH is 1. The highest BCUT2D eigenvalue weighted by Gasteiger charge is 2.02. The van der Waals surface area contributed by atoms with E-state index in [9.17, 15) is 0 Å². The maximum absolute atomic E-state index is 8.72. The third kappa shape index (κ3) is 4.53. The molecule has 60 valence electrons. The van der Waals surface area contributed by atoms with Crippen LogP contribution >= 0.6 is 0 Å². The van der Waals surface area contributed by atoms with Crippen LogP contribution in [0.2, 0.25) is 0 Å². The second kappa shape index (κ2) is 6.78. The predicted octanol–water partition coefficient (Wildman–Crippen LogP) is 0.910. The van der Waals surface area contributed by atoms with Crippen LogP contribution in [-0.4, -0.2) is 18.3 Å². The molecule has 2 heteroatoms. The fraction of sp³-hybridized carbons (Fsp3) is 0.750. The van der Waals surface area contributed by atoms with Crippen molar-refractivity contribution in [3.63, 3.8) is 0 Å². The van der Waals surface area contributed by atoms with Crippen molar-refractivity contribution in [3.8, 4) is 0 Å². The van der Waals surface area contributed by atoms with Gasteiger partial charge in [-0.15, -0.1) is 6.58 Å². The summed E-state index contributed by atoms with van der Waals surface area (Å²) in [5.41, 5.74) is 5.38. The highest BCUT2D eigenvalue weighted by Crippen LogP contribution is 2.05. The first kappa shape index (κ1) is 9.66. The molecule has 0 aliphatic heterocycles. The lowest BCUT2D eigenvalue weighted by molar-refractivity contribution is 0.221. The molecule has 0 aromatic rings. The highest BCUT2D eigenvalue weighted by molar-refractivity contribution is 4.67. The molecule has 0 rings (SSSR count). The van der Waals surface area contributed by atoms with Crippen molar-refractivity contribution < 1.29 is 5.11 Å². The molecule has 0 radical (unpaired) electrons. The van der Waals surface area contributed by atoms with E-state index in [0.717, 1.165) is 19.3 Å². The first-order chi connectivity index (χ1) is 4.85. The molecule has 0 aromatic heterocycles. The summed E-state index contributed by atoms with van der Waals surface area (Å²) in [6.07, 6.45) is 5.02. The summed E-state index contributed by atoms with van der Waals surface area (Å²) in [4.78, 5) is 0. The number of hydrogen-bond acceptors (Lipinski definition) is 2. The Morgan fingerprint density at radius 1 is 1.60 bits per heavy atom. The van der Waals surface area contributed by atoms with E-state index in [4.69, 9.17) is 10.8 Å². The van der Waals surface area contributed by atoms with Gasteiger partial charge in [0.2, 0.25) is 0 Å². The smallest absolute Gasteiger partial charge is 0.0471 e. The minimum absolute atomic E-state index is 0.216. The van der Waals surface area contributed by atoms with E-state index in [1.54, 1.807) is 0 Å². The van der Waals surface area contributed by atoms with E-state index in [2.05, 4.69) is 6.58 Å². The first-order valence-electron chi connectivity index (χ1n) is 3.77. The molecule has 0 heterocycles. The van der Waals surface area contributed by atoms with Crippen molar-refractivity contribution in [3.05, 3.63) is 12.7 Å². The van der Waals surface area contributed by atoms with Crippen LogP contribution in [0, 0.1) is 5.92 Å². The molecule has 3 N–H and O–H groups in total. The minimum atomic E-state index is 0.216. The molecule has 0 amide bonds. The Hall–Kier alpha value is -0.340. The summed E-state index contributed by atoms with van der Waals surface area (Å²) < 4.78 is 0. The van der Waals surface area contributed by atoms with Crippen molar-refractivity contribution >= 4 is 0 Å².